The van der Waals surface area contributed by atoms with Gasteiger partial charge in [-0.3, -0.25) is 33.6 Å². The number of carbonyl (C=O) groups is 7. The molecule has 0 saturated heterocycles. The van der Waals surface area contributed by atoms with Crippen LogP contribution in [0.4, 0.5) is 0 Å². The number of carboxylic acid groups (broad SMARTS) is 1. The van der Waals surface area contributed by atoms with Gasteiger partial charge in [0, 0.05) is 12.8 Å². The fourth-order valence-electron chi connectivity index (χ4n) is 5.64. The number of nitrogens with one attached hydrogen (secondary N) is 5. The summed E-state index contributed by atoms with van der Waals surface area (Å²) in [5.41, 5.74) is 5.74. The van der Waals surface area contributed by atoms with Crippen LogP contribution in [0.2, 0.25) is 0 Å². The van der Waals surface area contributed by atoms with Gasteiger partial charge >= 0.3 is 5.97 Å². The summed E-state index contributed by atoms with van der Waals surface area (Å²) in [7, 11) is 0. The van der Waals surface area contributed by atoms with E-state index in [1.165, 1.54) is 63.5 Å². The van der Waals surface area contributed by atoms with E-state index in [2.05, 4.69) is 33.5 Å². The molecule has 0 aliphatic rings. The first-order chi connectivity index (χ1) is 26.2. The SMILES string of the molecule is CCCCCCCCCCCCCCCC(=O)N[C@@H](Cc1ccc(O)cc1)C(=O)N[C@@H](CO)C(=O)N[C@@H](CO)C(=O)N[C@@H](CC(N)=O)C(=O)N[C@@H](C)C(=O)O. The van der Waals surface area contributed by atoms with Gasteiger partial charge in [-0.2, -0.15) is 0 Å². The van der Waals surface area contributed by atoms with E-state index in [4.69, 9.17) is 10.8 Å². The average Bonchev–Trinajstić information content (AvgIpc) is 3.14. The van der Waals surface area contributed by atoms with Crippen LogP contribution in [-0.2, 0) is 40.0 Å². The van der Waals surface area contributed by atoms with Crippen LogP contribution in [0, 0.1) is 0 Å². The quantitative estimate of drug-likeness (QED) is 0.0488. The number of aliphatic hydroxyl groups is 2. The van der Waals surface area contributed by atoms with E-state index in [-0.39, 0.29) is 18.6 Å². The summed E-state index contributed by atoms with van der Waals surface area (Å²) in [6, 6.07) is -1.70. The maximum absolute atomic E-state index is 13.4. The van der Waals surface area contributed by atoms with Gasteiger partial charge in [0.1, 0.15) is 36.0 Å². The molecule has 6 amide bonds. The maximum Gasteiger partial charge on any atom is 0.325 e. The second-order valence-corrected chi connectivity index (χ2v) is 13.8. The molecule has 0 unspecified atom stereocenters. The van der Waals surface area contributed by atoms with Crippen molar-refractivity contribution in [1.82, 2.24) is 26.6 Å². The van der Waals surface area contributed by atoms with Crippen molar-refractivity contribution in [2.24, 2.45) is 5.73 Å². The number of hydrogen-bond donors (Lipinski definition) is 10. The molecule has 5 atom stereocenters. The Morgan fingerprint density at radius 3 is 1.45 bits per heavy atom. The molecule has 0 bridgehead atoms. The first kappa shape index (κ1) is 48.2. The normalized spacial score (nSPS) is 13.7. The Morgan fingerprint density at radius 2 is 1.02 bits per heavy atom. The first-order valence-corrected chi connectivity index (χ1v) is 19.2. The van der Waals surface area contributed by atoms with E-state index in [0.29, 0.717) is 12.0 Å². The van der Waals surface area contributed by atoms with E-state index in [0.717, 1.165) is 32.6 Å². The number of aliphatic carboxylic acids is 1. The number of carbonyl (C=O) groups excluding carboxylic acids is 6. The van der Waals surface area contributed by atoms with Crippen LogP contribution in [0.5, 0.6) is 5.75 Å². The van der Waals surface area contributed by atoms with E-state index < -0.39 is 91.3 Å². The Morgan fingerprint density at radius 1 is 0.600 bits per heavy atom. The van der Waals surface area contributed by atoms with Crippen molar-refractivity contribution in [3.8, 4) is 5.75 Å². The highest BCUT2D eigenvalue weighted by Crippen LogP contribution is 2.14. The molecule has 310 valence electrons. The number of unbranched alkanes of at least 4 members (excludes halogenated alkanes) is 12. The monoisotopic (exact) mass is 778 g/mol. The maximum atomic E-state index is 13.4. The van der Waals surface area contributed by atoms with Crippen molar-refractivity contribution in [1.29, 1.82) is 0 Å². The van der Waals surface area contributed by atoms with Gasteiger partial charge in [0.15, 0.2) is 0 Å². The van der Waals surface area contributed by atoms with E-state index >= 15 is 0 Å². The third-order valence-corrected chi connectivity index (χ3v) is 8.93. The average molecular weight is 779 g/mol. The number of primary amides is 1. The highest BCUT2D eigenvalue weighted by molar-refractivity contribution is 5.97. The van der Waals surface area contributed by atoms with Crippen LogP contribution in [-0.4, -0.2) is 105 Å². The van der Waals surface area contributed by atoms with Crippen molar-refractivity contribution in [3.05, 3.63) is 29.8 Å². The molecule has 0 radical (unpaired) electrons. The molecule has 0 aromatic heterocycles. The topological polar surface area (TPSA) is 287 Å². The van der Waals surface area contributed by atoms with E-state index in [1.807, 2.05) is 0 Å². The van der Waals surface area contributed by atoms with E-state index in [9.17, 15) is 48.9 Å². The van der Waals surface area contributed by atoms with Crippen LogP contribution < -0.4 is 32.3 Å². The highest BCUT2D eigenvalue weighted by atomic mass is 16.4. The summed E-state index contributed by atoms with van der Waals surface area (Å²) in [5, 5.41) is 49.9. The third-order valence-electron chi connectivity index (χ3n) is 8.93. The van der Waals surface area contributed by atoms with E-state index in [1.54, 1.807) is 12.1 Å². The van der Waals surface area contributed by atoms with Crippen molar-refractivity contribution < 1.29 is 54.0 Å². The van der Waals surface area contributed by atoms with Gasteiger partial charge in [-0.15, -0.1) is 0 Å². The molecule has 0 fully saturated rings. The lowest BCUT2D eigenvalue weighted by atomic mass is 10.0. The van der Waals surface area contributed by atoms with Gasteiger partial charge in [0.05, 0.1) is 19.6 Å². The summed E-state index contributed by atoms with van der Waals surface area (Å²) < 4.78 is 0. The molecule has 0 aliphatic heterocycles. The Balaban J connectivity index is 2.80. The number of carboxylic acids is 1. The fraction of sp³-hybridized carbons (Fsp3) is 0.658. The lowest BCUT2D eigenvalue weighted by molar-refractivity contribution is -0.142. The number of aliphatic hydroxyl groups excluding tert-OH is 2. The molecule has 11 N–H and O–H groups in total. The van der Waals surface area contributed by atoms with Crippen LogP contribution >= 0.6 is 0 Å². The number of phenolic OH excluding ortho intramolecular Hbond substituents is 1. The summed E-state index contributed by atoms with van der Waals surface area (Å²) in [5.74, 6) is -6.98. The zero-order valence-corrected chi connectivity index (χ0v) is 32.1. The predicted octanol–water partition coefficient (Wildman–Crippen LogP) is 0.805. The minimum absolute atomic E-state index is 0.00733. The molecule has 0 heterocycles. The van der Waals surface area contributed by atoms with Crippen molar-refractivity contribution in [2.45, 2.75) is 147 Å². The highest BCUT2D eigenvalue weighted by Gasteiger charge is 2.32. The van der Waals surface area contributed by atoms with Gasteiger partial charge in [-0.25, -0.2) is 0 Å². The number of nitrogens with two attached hydrogens (primary N) is 1. The molecule has 1 rings (SSSR count). The Labute approximate surface area is 323 Å². The number of rotatable bonds is 30. The summed E-state index contributed by atoms with van der Waals surface area (Å²) in [6.07, 6.45) is 14.3. The second-order valence-electron chi connectivity index (χ2n) is 13.8. The smallest absolute Gasteiger partial charge is 0.325 e. The minimum Gasteiger partial charge on any atom is -0.508 e. The number of hydrogen-bond acceptors (Lipinski definition) is 10. The summed E-state index contributed by atoms with van der Waals surface area (Å²) in [4.78, 5) is 87.5. The molecule has 0 saturated carbocycles. The number of amides is 6. The molecular formula is C38H62N6O11. The zero-order chi connectivity index (χ0) is 41.2. The Bertz CT molecular complexity index is 1360. The number of phenols is 1. The number of benzene rings is 1. The molecule has 55 heavy (non-hydrogen) atoms. The van der Waals surface area contributed by atoms with Gasteiger partial charge in [-0.05, 0) is 31.0 Å². The van der Waals surface area contributed by atoms with Gasteiger partial charge in [0.25, 0.3) is 0 Å². The van der Waals surface area contributed by atoms with Gasteiger partial charge in [-0.1, -0.05) is 96.1 Å². The molecule has 1 aromatic rings. The molecule has 17 heteroatoms. The summed E-state index contributed by atoms with van der Waals surface area (Å²) in [6.45, 7) is 1.39. The molecule has 0 spiro atoms. The van der Waals surface area contributed by atoms with Crippen LogP contribution in [0.1, 0.15) is 116 Å². The third kappa shape index (κ3) is 21.0. The van der Waals surface area contributed by atoms with Crippen LogP contribution in [0.15, 0.2) is 24.3 Å². The Kier molecular flexibility index (Phi) is 24.4. The van der Waals surface area contributed by atoms with Crippen LogP contribution in [0.3, 0.4) is 0 Å². The van der Waals surface area contributed by atoms with Gasteiger partial charge in [0.2, 0.25) is 35.4 Å². The number of aromatic hydroxyl groups is 1. The second kappa shape index (κ2) is 27.8. The fourth-order valence-corrected chi connectivity index (χ4v) is 5.64. The zero-order valence-electron chi connectivity index (χ0n) is 32.1. The van der Waals surface area contributed by atoms with Crippen molar-refractivity contribution in [3.63, 3.8) is 0 Å². The first-order valence-electron chi connectivity index (χ1n) is 19.2. The van der Waals surface area contributed by atoms with Crippen LogP contribution in [0.25, 0.3) is 0 Å². The van der Waals surface area contributed by atoms with Crippen molar-refractivity contribution in [2.75, 3.05) is 13.2 Å². The molecule has 17 nitrogen and oxygen atoms in total. The lowest BCUT2D eigenvalue weighted by Gasteiger charge is -2.25. The lowest BCUT2D eigenvalue weighted by Crippen LogP contribution is -2.60. The largest absolute Gasteiger partial charge is 0.508 e. The van der Waals surface area contributed by atoms with Gasteiger partial charge < -0.3 is 52.7 Å². The summed E-state index contributed by atoms with van der Waals surface area (Å²) >= 11 is 0. The molecular weight excluding hydrogens is 716 g/mol. The molecule has 1 aromatic carbocycles. The minimum atomic E-state index is -1.74. The predicted molar refractivity (Wildman–Crippen MR) is 203 cm³/mol. The van der Waals surface area contributed by atoms with Crippen molar-refractivity contribution >= 4 is 41.4 Å². The standard InChI is InChI=1S/C38H62N6O11/c1-3-4-5-6-7-8-9-10-11-12-13-14-15-16-33(49)41-28(21-26-17-19-27(47)20-18-26)35(51)43-31(24-46)37(53)44-30(23-45)36(52)42-29(22-32(39)48)34(50)40-25(2)38(54)55/h17-20,25,28-31,45-47H,3-16,21-24H2,1-2H3,(H2,39,48)(H,40,50)(H,41,49)(H,42,52)(H,43,51)(H,44,53)(H,54,55)/t25-,28-,29-,30-,31-/m0/s1. The molecule has 0 aliphatic carbocycles. The Hall–Kier alpha value is -4.77.